The first-order valence-corrected chi connectivity index (χ1v) is 7.15. The average molecular weight is 312 g/mol. The highest BCUT2D eigenvalue weighted by Crippen LogP contribution is 2.30. The third-order valence-electron chi connectivity index (χ3n) is 3.45. The van der Waals surface area contributed by atoms with Crippen molar-refractivity contribution in [2.75, 3.05) is 6.61 Å². The minimum absolute atomic E-state index is 0.119. The minimum Gasteiger partial charge on any atom is -0.507 e. The van der Waals surface area contributed by atoms with E-state index in [2.05, 4.69) is 10.5 Å². The van der Waals surface area contributed by atoms with Gasteiger partial charge in [-0.15, -0.1) is 0 Å². The third kappa shape index (κ3) is 3.26. The number of aryl methyl sites for hydroxylation is 1. The maximum Gasteiger partial charge on any atom is 0.284 e. The van der Waals surface area contributed by atoms with Gasteiger partial charge in [0.2, 0.25) is 6.10 Å². The quantitative estimate of drug-likeness (QED) is 0.671. The van der Waals surface area contributed by atoms with Crippen molar-refractivity contribution in [2.24, 2.45) is 5.10 Å². The van der Waals surface area contributed by atoms with Crippen molar-refractivity contribution in [1.82, 2.24) is 5.43 Å². The number of aromatic hydroxyl groups is 1. The molecule has 6 heteroatoms. The van der Waals surface area contributed by atoms with E-state index in [9.17, 15) is 9.90 Å². The van der Waals surface area contributed by atoms with Gasteiger partial charge >= 0.3 is 0 Å². The molecule has 0 radical (unpaired) electrons. The number of hydrogen-bond donors (Lipinski definition) is 2. The lowest BCUT2D eigenvalue weighted by molar-refractivity contribution is -0.130. The van der Waals surface area contributed by atoms with Gasteiger partial charge in [0.05, 0.1) is 6.21 Å². The molecule has 0 saturated heterocycles. The van der Waals surface area contributed by atoms with Crippen LogP contribution in [-0.2, 0) is 4.79 Å². The van der Waals surface area contributed by atoms with Gasteiger partial charge in [0, 0.05) is 5.56 Å². The summed E-state index contributed by atoms with van der Waals surface area (Å²) in [5, 5.41) is 13.7. The molecule has 23 heavy (non-hydrogen) atoms. The standard InChI is InChI=1S/C17H16N2O4/c1-11-5-4-6-12(16(11)20)9-18-19-17(21)15-10-22-13-7-2-3-8-14(13)23-15/h2-9,15,20H,10H2,1H3,(H,19,21)/b18-9-/t15-/m1/s1. The molecular formula is C17H16N2O4. The molecule has 0 fully saturated rings. The molecule has 0 bridgehead atoms. The Kier molecular flexibility index (Phi) is 4.14. The topological polar surface area (TPSA) is 80.2 Å². The van der Waals surface area contributed by atoms with Gasteiger partial charge in [-0.05, 0) is 30.7 Å². The van der Waals surface area contributed by atoms with Gasteiger partial charge in [-0.1, -0.05) is 24.3 Å². The largest absolute Gasteiger partial charge is 0.507 e. The Morgan fingerprint density at radius 1 is 1.26 bits per heavy atom. The van der Waals surface area contributed by atoms with Gasteiger partial charge in [-0.3, -0.25) is 4.79 Å². The number of carbonyl (C=O) groups is 1. The highest BCUT2D eigenvalue weighted by molar-refractivity contribution is 5.87. The van der Waals surface area contributed by atoms with E-state index in [1.807, 2.05) is 6.07 Å². The Balaban J connectivity index is 1.62. The Bertz CT molecular complexity index is 758. The van der Waals surface area contributed by atoms with Crippen LogP contribution in [0.25, 0.3) is 0 Å². The SMILES string of the molecule is Cc1cccc(/C=N\NC(=O)[C@H]2COc3ccccc3O2)c1O. The molecule has 6 nitrogen and oxygen atoms in total. The third-order valence-corrected chi connectivity index (χ3v) is 3.45. The number of hydrazone groups is 1. The van der Waals surface area contributed by atoms with Crippen LogP contribution in [0.2, 0.25) is 0 Å². The van der Waals surface area contributed by atoms with Crippen LogP contribution in [0.3, 0.4) is 0 Å². The fourth-order valence-electron chi connectivity index (χ4n) is 2.17. The zero-order valence-electron chi connectivity index (χ0n) is 12.5. The van der Waals surface area contributed by atoms with Crippen LogP contribution in [0.1, 0.15) is 11.1 Å². The Morgan fingerprint density at radius 3 is 2.87 bits per heavy atom. The van der Waals surface area contributed by atoms with Crippen LogP contribution in [0.15, 0.2) is 47.6 Å². The van der Waals surface area contributed by atoms with Crippen LogP contribution in [0.5, 0.6) is 17.2 Å². The molecule has 1 amide bonds. The molecule has 1 aliphatic rings. The number of phenolic OH excluding ortho intramolecular Hbond substituents is 1. The molecule has 0 aromatic heterocycles. The van der Waals surface area contributed by atoms with Crippen LogP contribution in [0.4, 0.5) is 0 Å². The van der Waals surface area contributed by atoms with E-state index in [0.29, 0.717) is 17.1 Å². The Hall–Kier alpha value is -3.02. The summed E-state index contributed by atoms with van der Waals surface area (Å²) in [6, 6.07) is 12.4. The molecule has 1 aliphatic heterocycles. The number of ether oxygens (including phenoxy) is 2. The maximum absolute atomic E-state index is 12.1. The highest BCUT2D eigenvalue weighted by Gasteiger charge is 2.26. The molecule has 0 unspecified atom stereocenters. The zero-order chi connectivity index (χ0) is 16.2. The number of rotatable bonds is 3. The van der Waals surface area contributed by atoms with Gasteiger partial charge in [-0.2, -0.15) is 5.10 Å². The summed E-state index contributed by atoms with van der Waals surface area (Å²) in [7, 11) is 0. The van der Waals surface area contributed by atoms with E-state index in [1.165, 1.54) is 6.21 Å². The monoisotopic (exact) mass is 312 g/mol. The molecule has 2 N–H and O–H groups in total. The summed E-state index contributed by atoms with van der Waals surface area (Å²) in [5.74, 6) is 0.864. The molecule has 2 aromatic rings. The highest BCUT2D eigenvalue weighted by atomic mass is 16.6. The van der Waals surface area contributed by atoms with E-state index < -0.39 is 12.0 Å². The fraction of sp³-hybridized carbons (Fsp3) is 0.176. The van der Waals surface area contributed by atoms with Crippen molar-refractivity contribution in [2.45, 2.75) is 13.0 Å². The predicted molar refractivity (Wildman–Crippen MR) is 84.9 cm³/mol. The summed E-state index contributed by atoms with van der Waals surface area (Å²) < 4.78 is 11.1. The van der Waals surface area contributed by atoms with Gasteiger partial charge in [-0.25, -0.2) is 5.43 Å². The number of nitrogens with zero attached hydrogens (tertiary/aromatic N) is 1. The summed E-state index contributed by atoms with van der Waals surface area (Å²) in [6.45, 7) is 1.91. The van der Waals surface area contributed by atoms with E-state index in [-0.39, 0.29) is 12.4 Å². The molecule has 1 heterocycles. The van der Waals surface area contributed by atoms with Crippen molar-refractivity contribution in [3.8, 4) is 17.2 Å². The van der Waals surface area contributed by atoms with Crippen molar-refractivity contribution in [3.05, 3.63) is 53.6 Å². The molecule has 2 aromatic carbocycles. The van der Waals surface area contributed by atoms with Crippen LogP contribution in [-0.4, -0.2) is 29.9 Å². The summed E-state index contributed by atoms with van der Waals surface area (Å²) in [5.41, 5.74) is 3.65. The van der Waals surface area contributed by atoms with Crippen molar-refractivity contribution in [3.63, 3.8) is 0 Å². The first kappa shape index (κ1) is 14.9. The second-order valence-corrected chi connectivity index (χ2v) is 5.11. The minimum atomic E-state index is -0.770. The van der Waals surface area contributed by atoms with Crippen LogP contribution >= 0.6 is 0 Å². The molecule has 0 saturated carbocycles. The number of amides is 1. The number of nitrogens with one attached hydrogen (secondary N) is 1. The van der Waals surface area contributed by atoms with Crippen molar-refractivity contribution in [1.29, 1.82) is 0 Å². The average Bonchev–Trinajstić information content (AvgIpc) is 2.58. The van der Waals surface area contributed by atoms with Crippen LogP contribution in [0, 0.1) is 6.92 Å². The first-order valence-electron chi connectivity index (χ1n) is 7.15. The molecule has 0 aliphatic carbocycles. The maximum atomic E-state index is 12.1. The Morgan fingerprint density at radius 2 is 2.04 bits per heavy atom. The van der Waals surface area contributed by atoms with Crippen molar-refractivity contribution < 1.29 is 19.4 Å². The number of para-hydroxylation sites is 3. The molecule has 1 atom stereocenters. The van der Waals surface area contributed by atoms with Crippen LogP contribution < -0.4 is 14.9 Å². The lowest BCUT2D eigenvalue weighted by atomic mass is 10.1. The van der Waals surface area contributed by atoms with E-state index in [1.54, 1.807) is 43.3 Å². The van der Waals surface area contributed by atoms with Gasteiger partial charge in [0.25, 0.3) is 5.91 Å². The smallest absolute Gasteiger partial charge is 0.284 e. The van der Waals surface area contributed by atoms with Crippen molar-refractivity contribution >= 4 is 12.1 Å². The summed E-state index contributed by atoms with van der Waals surface area (Å²) in [4.78, 5) is 12.1. The zero-order valence-corrected chi connectivity index (χ0v) is 12.5. The molecular weight excluding hydrogens is 296 g/mol. The number of hydrogen-bond acceptors (Lipinski definition) is 5. The van der Waals surface area contributed by atoms with E-state index in [4.69, 9.17) is 9.47 Å². The number of fused-ring (bicyclic) bond motifs is 1. The molecule has 0 spiro atoms. The van der Waals surface area contributed by atoms with Gasteiger partial charge < -0.3 is 14.6 Å². The van der Waals surface area contributed by atoms with Gasteiger partial charge in [0.1, 0.15) is 12.4 Å². The fourth-order valence-corrected chi connectivity index (χ4v) is 2.17. The lowest BCUT2D eigenvalue weighted by Crippen LogP contribution is -2.42. The van der Waals surface area contributed by atoms with E-state index >= 15 is 0 Å². The Labute approximate surface area is 133 Å². The summed E-state index contributed by atoms with van der Waals surface area (Å²) >= 11 is 0. The molecule has 118 valence electrons. The first-order chi connectivity index (χ1) is 11.1. The van der Waals surface area contributed by atoms with Gasteiger partial charge in [0.15, 0.2) is 11.5 Å². The molecule has 3 rings (SSSR count). The summed E-state index contributed by atoms with van der Waals surface area (Å²) in [6.07, 6.45) is 0.617. The number of phenols is 1. The second kappa shape index (κ2) is 6.39. The predicted octanol–water partition coefficient (Wildman–Crippen LogP) is 1.99. The normalized spacial score (nSPS) is 16.3. The van der Waals surface area contributed by atoms with E-state index in [0.717, 1.165) is 5.56 Å². The number of benzene rings is 2. The number of carbonyl (C=O) groups excluding carboxylic acids is 1. The second-order valence-electron chi connectivity index (χ2n) is 5.11. The lowest BCUT2D eigenvalue weighted by Gasteiger charge is -2.24.